The van der Waals surface area contributed by atoms with Gasteiger partial charge in [-0.05, 0) is 40.2 Å². The molecule has 0 saturated carbocycles. The second-order valence-electron chi connectivity index (χ2n) is 3.31. The smallest absolute Gasteiger partial charge is 0.134 e. The van der Waals surface area contributed by atoms with Gasteiger partial charge in [0.25, 0.3) is 0 Å². The van der Waals surface area contributed by atoms with E-state index in [-0.39, 0.29) is 5.82 Å². The fourth-order valence-corrected chi connectivity index (χ4v) is 1.75. The van der Waals surface area contributed by atoms with Gasteiger partial charge in [0.2, 0.25) is 0 Å². The molecule has 3 nitrogen and oxygen atoms in total. The van der Waals surface area contributed by atoms with Crippen LogP contribution in [0.2, 0.25) is 0 Å². The molecule has 16 heavy (non-hydrogen) atoms. The van der Waals surface area contributed by atoms with Crippen molar-refractivity contribution in [2.75, 3.05) is 0 Å². The molecule has 0 amide bonds. The van der Waals surface area contributed by atoms with Crippen molar-refractivity contribution in [2.45, 2.75) is 6.61 Å². The average Bonchev–Trinajstić information content (AvgIpc) is 2.63. The maximum absolute atomic E-state index is 12.8. The van der Waals surface area contributed by atoms with E-state index in [9.17, 15) is 4.39 Å². The van der Waals surface area contributed by atoms with Gasteiger partial charge in [-0.2, -0.15) is 5.10 Å². The summed E-state index contributed by atoms with van der Waals surface area (Å²) in [6.45, 7) is 0.404. The maximum Gasteiger partial charge on any atom is 0.134 e. The highest BCUT2D eigenvalue weighted by Crippen LogP contribution is 2.26. The van der Waals surface area contributed by atoms with Gasteiger partial charge < -0.3 is 4.74 Å². The van der Waals surface area contributed by atoms with Gasteiger partial charge in [-0.25, -0.2) is 4.39 Å². The van der Waals surface area contributed by atoms with Gasteiger partial charge in [0, 0.05) is 13.2 Å². The van der Waals surface area contributed by atoms with Crippen molar-refractivity contribution in [2.24, 2.45) is 7.05 Å². The average molecular weight is 285 g/mol. The monoisotopic (exact) mass is 284 g/mol. The summed E-state index contributed by atoms with van der Waals surface area (Å²) in [5.74, 6) is 0.322. The Labute approximate surface area is 101 Å². The van der Waals surface area contributed by atoms with E-state index < -0.39 is 0 Å². The van der Waals surface area contributed by atoms with Gasteiger partial charge in [0.05, 0.1) is 10.2 Å². The molecule has 0 saturated heterocycles. The van der Waals surface area contributed by atoms with Crippen LogP contribution in [0.15, 0.2) is 34.9 Å². The lowest BCUT2D eigenvalue weighted by molar-refractivity contribution is 0.292. The van der Waals surface area contributed by atoms with Crippen LogP contribution in [0.25, 0.3) is 0 Å². The zero-order valence-electron chi connectivity index (χ0n) is 8.65. The Morgan fingerprint density at radius 3 is 2.88 bits per heavy atom. The van der Waals surface area contributed by atoms with Gasteiger partial charge in [-0.15, -0.1) is 0 Å². The van der Waals surface area contributed by atoms with Crippen LogP contribution in [-0.4, -0.2) is 9.78 Å². The molecule has 0 radical (unpaired) electrons. The first-order valence-corrected chi connectivity index (χ1v) is 5.51. The largest absolute Gasteiger partial charge is 0.486 e. The van der Waals surface area contributed by atoms with Crippen molar-refractivity contribution in [3.63, 3.8) is 0 Å². The molecular weight excluding hydrogens is 275 g/mol. The van der Waals surface area contributed by atoms with Crippen LogP contribution in [0, 0.1) is 5.82 Å². The van der Waals surface area contributed by atoms with E-state index in [1.807, 2.05) is 13.1 Å². The molecule has 1 heterocycles. The predicted octanol–water partition coefficient (Wildman–Crippen LogP) is 2.90. The number of aryl methyl sites for hydroxylation is 1. The summed E-state index contributed by atoms with van der Waals surface area (Å²) in [5.41, 5.74) is 0.955. The Hall–Kier alpha value is -1.36. The third kappa shape index (κ3) is 2.41. The Bertz CT molecular complexity index is 498. The Morgan fingerprint density at radius 2 is 2.25 bits per heavy atom. The topological polar surface area (TPSA) is 27.1 Å². The van der Waals surface area contributed by atoms with Crippen molar-refractivity contribution < 1.29 is 9.13 Å². The molecule has 0 fully saturated rings. The number of ether oxygens (including phenoxy) is 1. The predicted molar refractivity (Wildman–Crippen MR) is 61.6 cm³/mol. The molecule has 1 aromatic heterocycles. The second-order valence-corrected chi connectivity index (χ2v) is 4.16. The molecular formula is C11H10BrFN2O. The summed E-state index contributed by atoms with van der Waals surface area (Å²) in [6, 6.07) is 6.20. The first kappa shape index (κ1) is 11.1. The molecule has 0 aliphatic carbocycles. The zero-order valence-corrected chi connectivity index (χ0v) is 10.2. The van der Waals surface area contributed by atoms with Gasteiger partial charge in [-0.1, -0.05) is 0 Å². The fourth-order valence-electron chi connectivity index (χ4n) is 1.29. The summed E-state index contributed by atoms with van der Waals surface area (Å²) in [4.78, 5) is 0. The Kier molecular flexibility index (Phi) is 3.24. The van der Waals surface area contributed by atoms with Crippen molar-refractivity contribution in [1.29, 1.82) is 0 Å². The van der Waals surface area contributed by atoms with Gasteiger partial charge in [0.1, 0.15) is 18.2 Å². The van der Waals surface area contributed by atoms with Crippen LogP contribution in [-0.2, 0) is 13.7 Å². The molecule has 1 aromatic carbocycles. The first-order valence-electron chi connectivity index (χ1n) is 4.71. The van der Waals surface area contributed by atoms with Crippen molar-refractivity contribution in [3.8, 4) is 5.75 Å². The van der Waals surface area contributed by atoms with Gasteiger partial charge in [-0.3, -0.25) is 4.68 Å². The molecule has 0 spiro atoms. The highest BCUT2D eigenvalue weighted by atomic mass is 79.9. The lowest BCUT2D eigenvalue weighted by Crippen LogP contribution is -2.03. The van der Waals surface area contributed by atoms with Crippen molar-refractivity contribution in [3.05, 3.63) is 46.4 Å². The molecule has 0 atom stereocenters. The number of hydrogen-bond acceptors (Lipinski definition) is 2. The van der Waals surface area contributed by atoms with Gasteiger partial charge >= 0.3 is 0 Å². The minimum Gasteiger partial charge on any atom is -0.486 e. The third-order valence-electron chi connectivity index (χ3n) is 2.19. The molecule has 0 N–H and O–H groups in total. The molecule has 0 bridgehead atoms. The van der Waals surface area contributed by atoms with Crippen LogP contribution in [0.5, 0.6) is 5.75 Å². The van der Waals surface area contributed by atoms with Crippen LogP contribution >= 0.6 is 15.9 Å². The normalized spacial score (nSPS) is 10.4. The van der Waals surface area contributed by atoms with Crippen LogP contribution in [0.3, 0.4) is 0 Å². The zero-order chi connectivity index (χ0) is 11.5. The lowest BCUT2D eigenvalue weighted by atomic mass is 10.3. The van der Waals surface area contributed by atoms with Gasteiger partial charge in [0.15, 0.2) is 0 Å². The van der Waals surface area contributed by atoms with E-state index in [1.54, 1.807) is 16.9 Å². The van der Waals surface area contributed by atoms with Crippen LogP contribution in [0.1, 0.15) is 5.69 Å². The van der Waals surface area contributed by atoms with E-state index in [1.165, 1.54) is 12.1 Å². The SMILES string of the molecule is Cn1nccc1COc1ccc(F)cc1Br. The third-order valence-corrected chi connectivity index (χ3v) is 2.81. The minimum atomic E-state index is -0.292. The van der Waals surface area contributed by atoms with E-state index in [0.29, 0.717) is 16.8 Å². The summed E-state index contributed by atoms with van der Waals surface area (Å²) in [5, 5.41) is 4.03. The first-order chi connectivity index (χ1) is 7.66. The Balaban J connectivity index is 2.08. The number of rotatable bonds is 3. The molecule has 84 valence electrons. The molecule has 0 aliphatic rings. The standard InChI is InChI=1S/C11H10BrFN2O/c1-15-9(4-5-14-15)7-16-11-3-2-8(13)6-10(11)12/h2-6H,7H2,1H3. The van der Waals surface area contributed by atoms with E-state index in [2.05, 4.69) is 21.0 Å². The van der Waals surface area contributed by atoms with Crippen molar-refractivity contribution >= 4 is 15.9 Å². The van der Waals surface area contributed by atoms with Crippen LogP contribution in [0.4, 0.5) is 4.39 Å². The number of benzene rings is 1. The van der Waals surface area contributed by atoms with E-state index in [0.717, 1.165) is 5.69 Å². The minimum absolute atomic E-state index is 0.292. The number of halogens is 2. The van der Waals surface area contributed by atoms with Crippen LogP contribution < -0.4 is 4.74 Å². The summed E-state index contributed by atoms with van der Waals surface area (Å²) in [7, 11) is 1.85. The maximum atomic E-state index is 12.8. The highest BCUT2D eigenvalue weighted by molar-refractivity contribution is 9.10. The highest BCUT2D eigenvalue weighted by Gasteiger charge is 2.04. The summed E-state index contributed by atoms with van der Waals surface area (Å²) >= 11 is 3.24. The Morgan fingerprint density at radius 1 is 1.44 bits per heavy atom. The number of hydrogen-bond donors (Lipinski definition) is 0. The number of aromatic nitrogens is 2. The molecule has 0 aliphatic heterocycles. The molecule has 2 rings (SSSR count). The lowest BCUT2D eigenvalue weighted by Gasteiger charge is -2.08. The van der Waals surface area contributed by atoms with E-state index in [4.69, 9.17) is 4.74 Å². The quantitative estimate of drug-likeness (QED) is 0.867. The fraction of sp³-hybridized carbons (Fsp3) is 0.182. The molecule has 5 heteroatoms. The summed E-state index contributed by atoms with van der Waals surface area (Å²) < 4.78 is 20.7. The second kappa shape index (κ2) is 4.65. The number of nitrogens with zero attached hydrogens (tertiary/aromatic N) is 2. The van der Waals surface area contributed by atoms with E-state index >= 15 is 0 Å². The van der Waals surface area contributed by atoms with Crippen molar-refractivity contribution in [1.82, 2.24) is 9.78 Å². The summed E-state index contributed by atoms with van der Waals surface area (Å²) in [6.07, 6.45) is 1.71. The molecule has 2 aromatic rings. The molecule has 0 unspecified atom stereocenters.